The number of phenolic OH excluding ortho intramolecular Hbond substituents is 1. The monoisotopic (exact) mass is 465 g/mol. The number of nitrogens with zero attached hydrogens (tertiary/aromatic N) is 2. The van der Waals surface area contributed by atoms with Gasteiger partial charge in [-0.3, -0.25) is 9.89 Å². The molecular formula is C30H31N3O2. The molecule has 2 N–H and O–H groups in total. The van der Waals surface area contributed by atoms with E-state index in [-0.39, 0.29) is 23.1 Å². The number of rotatable bonds is 4. The zero-order valence-corrected chi connectivity index (χ0v) is 20.9. The predicted molar refractivity (Wildman–Crippen MR) is 138 cm³/mol. The quantitative estimate of drug-likeness (QED) is 0.364. The molecule has 0 bridgehead atoms. The first-order chi connectivity index (χ1) is 16.6. The lowest BCUT2D eigenvalue weighted by atomic mass is 9.85. The molecule has 1 aliphatic heterocycles. The number of aromatic amines is 1. The lowest BCUT2D eigenvalue weighted by Crippen LogP contribution is -2.29. The van der Waals surface area contributed by atoms with E-state index in [1.54, 1.807) is 6.07 Å². The summed E-state index contributed by atoms with van der Waals surface area (Å²) in [6.07, 6.45) is 0. The van der Waals surface area contributed by atoms with Gasteiger partial charge < -0.3 is 10.0 Å². The lowest BCUT2D eigenvalue weighted by molar-refractivity contribution is 0.0730. The maximum atomic E-state index is 13.7. The lowest BCUT2D eigenvalue weighted by Gasteiger charge is -2.27. The number of fused-ring (bicyclic) bond motifs is 1. The number of hydrogen-bond acceptors (Lipinski definition) is 3. The fourth-order valence-corrected chi connectivity index (χ4v) is 5.10. The summed E-state index contributed by atoms with van der Waals surface area (Å²) < 4.78 is 0. The Hall–Kier alpha value is -3.86. The number of aromatic hydroxyl groups is 1. The van der Waals surface area contributed by atoms with Crippen molar-refractivity contribution in [2.24, 2.45) is 0 Å². The molecule has 3 aromatic carbocycles. The first-order valence-corrected chi connectivity index (χ1v) is 12.0. The standard InChI is InChI=1S/C30H31N3O2/c1-18-15-19(2)24(23(34)16-18)26-25-27(32-31-26)29(35)33(17-20-9-7-6-8-10-20)28(25)21-11-13-22(14-12-21)30(3,4)5/h6-16,28,34H,17H2,1-5H3,(H,31,32). The van der Waals surface area contributed by atoms with E-state index < -0.39 is 0 Å². The summed E-state index contributed by atoms with van der Waals surface area (Å²) in [7, 11) is 0. The van der Waals surface area contributed by atoms with Gasteiger partial charge in [-0.2, -0.15) is 5.10 Å². The molecule has 1 amide bonds. The first kappa shape index (κ1) is 22.9. The molecule has 0 fully saturated rings. The third kappa shape index (κ3) is 4.01. The van der Waals surface area contributed by atoms with E-state index in [9.17, 15) is 9.90 Å². The number of aromatic nitrogens is 2. The molecule has 0 radical (unpaired) electrons. The van der Waals surface area contributed by atoms with Gasteiger partial charge >= 0.3 is 0 Å². The number of hydrogen-bond donors (Lipinski definition) is 2. The zero-order chi connectivity index (χ0) is 24.9. The fraction of sp³-hybridized carbons (Fsp3) is 0.267. The van der Waals surface area contributed by atoms with Gasteiger partial charge in [-0.1, -0.05) is 81.4 Å². The van der Waals surface area contributed by atoms with Crippen molar-refractivity contribution >= 4 is 5.91 Å². The van der Waals surface area contributed by atoms with Crippen LogP contribution < -0.4 is 0 Å². The molecule has 2 heterocycles. The van der Waals surface area contributed by atoms with E-state index in [0.29, 0.717) is 23.5 Å². The summed E-state index contributed by atoms with van der Waals surface area (Å²) >= 11 is 0. The molecule has 4 aromatic rings. The van der Waals surface area contributed by atoms with Gasteiger partial charge in [-0.15, -0.1) is 0 Å². The van der Waals surface area contributed by atoms with Crippen LogP contribution in [0.15, 0.2) is 66.7 Å². The zero-order valence-electron chi connectivity index (χ0n) is 20.9. The second kappa shape index (κ2) is 8.42. The van der Waals surface area contributed by atoms with Crippen molar-refractivity contribution in [3.05, 3.63) is 106 Å². The molecule has 0 saturated heterocycles. The van der Waals surface area contributed by atoms with Gasteiger partial charge in [0.25, 0.3) is 5.91 Å². The average molecular weight is 466 g/mol. The van der Waals surface area contributed by atoms with E-state index in [4.69, 9.17) is 0 Å². The van der Waals surface area contributed by atoms with Crippen molar-refractivity contribution in [1.29, 1.82) is 0 Å². The molecule has 1 unspecified atom stereocenters. The van der Waals surface area contributed by atoms with Crippen molar-refractivity contribution in [3.8, 4) is 17.0 Å². The van der Waals surface area contributed by atoms with Crippen LogP contribution in [0, 0.1) is 13.8 Å². The number of aryl methyl sites for hydroxylation is 2. The molecule has 5 nitrogen and oxygen atoms in total. The molecule has 0 aliphatic carbocycles. The Morgan fingerprint density at radius 3 is 2.31 bits per heavy atom. The first-order valence-electron chi connectivity index (χ1n) is 12.0. The van der Waals surface area contributed by atoms with E-state index in [1.165, 1.54) is 5.56 Å². The van der Waals surface area contributed by atoms with E-state index >= 15 is 0 Å². The third-order valence-electron chi connectivity index (χ3n) is 6.85. The minimum atomic E-state index is -0.319. The van der Waals surface area contributed by atoms with Crippen LogP contribution in [0.25, 0.3) is 11.3 Å². The normalized spacial score (nSPS) is 15.5. The molecule has 1 aromatic heterocycles. The molecule has 5 heteroatoms. The highest BCUT2D eigenvalue weighted by atomic mass is 16.3. The topological polar surface area (TPSA) is 69.2 Å². The van der Waals surface area contributed by atoms with Crippen LogP contribution >= 0.6 is 0 Å². The molecule has 178 valence electrons. The summed E-state index contributed by atoms with van der Waals surface area (Å²) in [5.74, 6) is 0.0874. The predicted octanol–water partition coefficient (Wildman–Crippen LogP) is 6.44. The van der Waals surface area contributed by atoms with Crippen LogP contribution in [0.4, 0.5) is 0 Å². The van der Waals surface area contributed by atoms with Crippen LogP contribution in [-0.2, 0) is 12.0 Å². The largest absolute Gasteiger partial charge is 0.507 e. The number of benzene rings is 3. The van der Waals surface area contributed by atoms with Crippen LogP contribution in [0.3, 0.4) is 0 Å². The smallest absolute Gasteiger partial charge is 0.273 e. The Morgan fingerprint density at radius 1 is 1.00 bits per heavy atom. The van der Waals surface area contributed by atoms with Crippen LogP contribution in [0.1, 0.15) is 70.7 Å². The highest BCUT2D eigenvalue weighted by Crippen LogP contribution is 2.46. The minimum absolute atomic E-state index is 0.0323. The summed E-state index contributed by atoms with van der Waals surface area (Å²) in [4.78, 5) is 15.6. The van der Waals surface area contributed by atoms with Gasteiger partial charge in [0.05, 0.1) is 6.04 Å². The van der Waals surface area contributed by atoms with Gasteiger partial charge in [0.1, 0.15) is 17.1 Å². The second-order valence-corrected chi connectivity index (χ2v) is 10.5. The minimum Gasteiger partial charge on any atom is -0.507 e. The molecule has 0 saturated carbocycles. The maximum Gasteiger partial charge on any atom is 0.273 e. The second-order valence-electron chi connectivity index (χ2n) is 10.5. The Bertz CT molecular complexity index is 1370. The molecule has 0 spiro atoms. The highest BCUT2D eigenvalue weighted by molar-refractivity contribution is 6.00. The maximum absolute atomic E-state index is 13.7. The van der Waals surface area contributed by atoms with Gasteiger partial charge in [0, 0.05) is 17.7 Å². The van der Waals surface area contributed by atoms with Crippen LogP contribution in [0.2, 0.25) is 0 Å². The summed E-state index contributed by atoms with van der Waals surface area (Å²) in [6.45, 7) is 11.0. The SMILES string of the molecule is Cc1cc(C)c(-c2n[nH]c3c2C(c2ccc(C(C)(C)C)cc2)N(Cc2ccccc2)C3=O)c(O)c1. The average Bonchev–Trinajstić information content (AvgIpc) is 3.33. The number of phenols is 1. The molecular weight excluding hydrogens is 434 g/mol. The van der Waals surface area contributed by atoms with E-state index in [1.807, 2.05) is 55.1 Å². The Morgan fingerprint density at radius 2 is 1.69 bits per heavy atom. The van der Waals surface area contributed by atoms with Crippen LogP contribution in [-0.4, -0.2) is 26.1 Å². The molecule has 35 heavy (non-hydrogen) atoms. The van der Waals surface area contributed by atoms with E-state index in [2.05, 4.69) is 55.2 Å². The molecule has 5 rings (SSSR count). The van der Waals surface area contributed by atoms with Gasteiger partial charge in [0.2, 0.25) is 0 Å². The third-order valence-corrected chi connectivity index (χ3v) is 6.85. The van der Waals surface area contributed by atoms with Crippen molar-refractivity contribution in [3.63, 3.8) is 0 Å². The summed E-state index contributed by atoms with van der Waals surface area (Å²) in [5.41, 5.74) is 7.85. The number of H-pyrrole nitrogens is 1. The number of carbonyl (C=O) groups excluding carboxylic acids is 1. The van der Waals surface area contributed by atoms with Gasteiger partial charge in [-0.05, 0) is 53.1 Å². The summed E-state index contributed by atoms with van der Waals surface area (Å²) in [6, 6.07) is 22.0. The molecule has 1 aliphatic rings. The van der Waals surface area contributed by atoms with E-state index in [0.717, 1.165) is 27.8 Å². The number of carbonyl (C=O) groups is 1. The Labute approximate surface area is 206 Å². The van der Waals surface area contributed by atoms with Crippen molar-refractivity contribution in [2.75, 3.05) is 0 Å². The van der Waals surface area contributed by atoms with Gasteiger partial charge in [-0.25, -0.2) is 0 Å². The summed E-state index contributed by atoms with van der Waals surface area (Å²) in [5, 5.41) is 18.4. The van der Waals surface area contributed by atoms with Gasteiger partial charge in [0.15, 0.2) is 0 Å². The van der Waals surface area contributed by atoms with Crippen molar-refractivity contribution in [1.82, 2.24) is 15.1 Å². The fourth-order valence-electron chi connectivity index (χ4n) is 5.10. The van der Waals surface area contributed by atoms with Crippen molar-refractivity contribution in [2.45, 2.75) is 52.6 Å². The Kier molecular flexibility index (Phi) is 5.51. The van der Waals surface area contributed by atoms with Crippen LogP contribution in [0.5, 0.6) is 5.75 Å². The number of amides is 1. The molecule has 1 atom stereocenters. The Balaban J connectivity index is 1.68. The number of nitrogens with one attached hydrogen (secondary N) is 1. The highest BCUT2D eigenvalue weighted by Gasteiger charge is 2.42. The van der Waals surface area contributed by atoms with Crippen molar-refractivity contribution < 1.29 is 9.90 Å².